The van der Waals surface area contributed by atoms with Crippen molar-refractivity contribution in [1.82, 2.24) is 0 Å². The molecule has 0 amide bonds. The molecule has 4 aliphatic rings. The van der Waals surface area contributed by atoms with E-state index < -0.39 is 19.5 Å². The van der Waals surface area contributed by atoms with E-state index in [2.05, 4.69) is 6.07 Å². The molecule has 0 aromatic heterocycles. The third kappa shape index (κ3) is 13.1. The molecule has 2 saturated carbocycles. The zero-order chi connectivity index (χ0) is 26.6. The van der Waals surface area contributed by atoms with Crippen molar-refractivity contribution in [3.8, 4) is 0 Å². The van der Waals surface area contributed by atoms with E-state index in [4.69, 9.17) is 19.5 Å². The van der Waals surface area contributed by atoms with E-state index in [9.17, 15) is 16.9 Å². The summed E-state index contributed by atoms with van der Waals surface area (Å²) in [7, 11) is 0. The maximum absolute atomic E-state index is 11.2. The van der Waals surface area contributed by atoms with Crippen molar-refractivity contribution in [2.75, 3.05) is 13.2 Å². The summed E-state index contributed by atoms with van der Waals surface area (Å²) in [5, 5.41) is 0. The first-order chi connectivity index (χ1) is 17.3. The van der Waals surface area contributed by atoms with E-state index in [-0.39, 0.29) is 25.9 Å². The minimum absolute atomic E-state index is 0. The van der Waals surface area contributed by atoms with E-state index >= 15 is 0 Å². The number of halogens is 6. The minimum Gasteiger partial charge on any atom is -0.510 e. The summed E-state index contributed by atoms with van der Waals surface area (Å²) in [5.41, 5.74) is 1.86. The Kier molecular flexibility index (Phi) is 11.8. The summed E-state index contributed by atoms with van der Waals surface area (Å²) in [6, 6.07) is 10.2. The second-order valence-corrected chi connectivity index (χ2v) is 16.2. The zero-order valence-electron chi connectivity index (χ0n) is 21.7. The van der Waals surface area contributed by atoms with Crippen LogP contribution in [-0.4, -0.2) is 62.0 Å². The van der Waals surface area contributed by atoms with Gasteiger partial charge in [-0.25, -0.2) is 0 Å². The number of aliphatic imine (C=N–C) groups is 2. The van der Waals surface area contributed by atoms with Gasteiger partial charge in [0.05, 0.1) is 12.1 Å². The van der Waals surface area contributed by atoms with E-state index in [0.29, 0.717) is 25.3 Å². The molecular formula is C26H37F6N2O3PdSb. The molecule has 2 fully saturated rings. The Balaban J connectivity index is 0.000000529. The Morgan fingerprint density at radius 1 is 0.692 bits per heavy atom. The number of nitrogens with zero attached hydrogens (tertiary/aromatic N) is 2. The Hall–Kier alpha value is -0.819. The fraction of sp³-hybridized carbons (Fsp3) is 0.692. The molecule has 13 heteroatoms. The van der Waals surface area contributed by atoms with Crippen molar-refractivity contribution >= 4 is 31.3 Å². The van der Waals surface area contributed by atoms with Gasteiger partial charge in [0.25, 0.3) is 0 Å². The normalized spacial score (nSPS) is 25.7. The van der Waals surface area contributed by atoms with Crippen LogP contribution in [0.25, 0.3) is 0 Å². The van der Waals surface area contributed by atoms with Crippen LogP contribution in [0.15, 0.2) is 28.2 Å². The van der Waals surface area contributed by atoms with E-state index in [0.717, 1.165) is 34.8 Å². The predicted molar refractivity (Wildman–Crippen MR) is 136 cm³/mol. The summed E-state index contributed by atoms with van der Waals surface area (Å²) < 4.78 is 71.5. The van der Waals surface area contributed by atoms with Gasteiger partial charge in [-0.05, 0) is 24.7 Å². The van der Waals surface area contributed by atoms with Gasteiger partial charge in [-0.1, -0.05) is 75.3 Å². The molecule has 0 spiro atoms. The van der Waals surface area contributed by atoms with E-state index in [1.807, 2.05) is 18.2 Å². The maximum Gasteiger partial charge on any atom is 2.00 e. The molecule has 2 aliphatic carbocycles. The van der Waals surface area contributed by atoms with Gasteiger partial charge < -0.3 is 14.9 Å². The molecule has 226 valence electrons. The largest absolute Gasteiger partial charge is 2.00 e. The molecule has 2 aliphatic heterocycles. The molecule has 0 radical (unpaired) electrons. The van der Waals surface area contributed by atoms with Crippen LogP contribution >= 0.6 is 0 Å². The van der Waals surface area contributed by atoms with Crippen LogP contribution in [0, 0.1) is 17.9 Å². The zero-order valence-corrected chi connectivity index (χ0v) is 25.8. The van der Waals surface area contributed by atoms with Crippen molar-refractivity contribution in [2.45, 2.75) is 89.1 Å². The van der Waals surface area contributed by atoms with Crippen LogP contribution < -0.4 is 0 Å². The predicted octanol–water partition coefficient (Wildman–Crippen LogP) is 7.03. The number of hydrogen-bond donors (Lipinski definition) is 0. The van der Waals surface area contributed by atoms with Gasteiger partial charge in [0.1, 0.15) is 25.0 Å². The smallest absolute Gasteiger partial charge is 0.510 e. The first-order valence-electron chi connectivity index (χ1n) is 13.3. The van der Waals surface area contributed by atoms with Crippen LogP contribution in [0.1, 0.15) is 88.2 Å². The standard InChI is InChI=1S/C26H35N2O2.6FH.H2O.Pd.Sb/c1-3-8-19(9-4-1)14-23-17-29-25(27-23)21-12-7-13-22(16-21)26-28-24(18-30-26)15-20-10-5-2-6-11-20;;;;;;;;;/h7,12-13,19-20,23-24H,1-6,8-11,14-15,17-18H2;6*1H;1H2;;/q-1;;;;;;;;+2;+5/p-6/t23-,24-;;;;;;;;;/m0........./s1. The summed E-state index contributed by atoms with van der Waals surface area (Å²) in [4.78, 5) is 9.79. The van der Waals surface area contributed by atoms with Gasteiger partial charge in [0, 0.05) is 0 Å². The fourth-order valence-electron chi connectivity index (χ4n) is 5.70. The Morgan fingerprint density at radius 3 is 1.41 bits per heavy atom. The quantitative estimate of drug-likeness (QED) is 0.177. The number of benzene rings is 1. The molecule has 5 nitrogen and oxygen atoms in total. The number of rotatable bonds is 6. The third-order valence-corrected chi connectivity index (χ3v) is 7.34. The average molecular weight is 768 g/mol. The summed E-state index contributed by atoms with van der Waals surface area (Å²) >= 11 is -11.2. The van der Waals surface area contributed by atoms with E-state index in [1.165, 1.54) is 77.0 Å². The first kappa shape index (κ1) is 34.4. The first-order valence-corrected chi connectivity index (χ1v) is 19.1. The third-order valence-electron chi connectivity index (χ3n) is 7.34. The summed E-state index contributed by atoms with van der Waals surface area (Å²) in [6.07, 6.45) is 16.1. The van der Waals surface area contributed by atoms with Gasteiger partial charge in [0.2, 0.25) is 0 Å². The molecular weight excluding hydrogens is 730 g/mol. The molecule has 2 N–H and O–H groups in total. The number of ether oxygens (including phenoxy) is 2. The summed E-state index contributed by atoms with van der Waals surface area (Å²) in [5.74, 6) is 3.14. The average Bonchev–Trinajstić information content (AvgIpc) is 3.49. The van der Waals surface area contributed by atoms with Crippen LogP contribution in [0.2, 0.25) is 0 Å². The number of hydrogen-bond acceptors (Lipinski definition) is 4. The summed E-state index contributed by atoms with van der Waals surface area (Å²) in [6.45, 7) is 1.43. The van der Waals surface area contributed by atoms with Crippen LogP contribution in [-0.2, 0) is 29.9 Å². The van der Waals surface area contributed by atoms with Gasteiger partial charge in [-0.15, -0.1) is 24.3 Å². The van der Waals surface area contributed by atoms with Crippen molar-refractivity contribution in [1.29, 1.82) is 0 Å². The van der Waals surface area contributed by atoms with Crippen molar-refractivity contribution < 1.29 is 52.3 Å². The molecule has 39 heavy (non-hydrogen) atoms. The maximum atomic E-state index is 9.93. The molecule has 0 bridgehead atoms. The second kappa shape index (κ2) is 13.4. The Morgan fingerprint density at radius 2 is 1.05 bits per heavy atom. The molecule has 1 aromatic carbocycles. The van der Waals surface area contributed by atoms with Crippen molar-refractivity contribution in [2.24, 2.45) is 21.8 Å². The SMILES string of the molecule is O.[F][Sb-]([F])([F])([F])([F])[F].[Pd+2].[c-]1c(C2=N[C@@H](CC3CCCCC3)CO2)cccc1C1=N[C@@H](CC2CCCCC2)CO1. The molecule has 2 atom stereocenters. The molecule has 5 rings (SSSR count). The molecule has 2 heterocycles. The minimum atomic E-state index is -11.2. The van der Waals surface area contributed by atoms with E-state index in [1.54, 1.807) is 0 Å². The molecule has 0 unspecified atom stereocenters. The Bertz CT molecular complexity index is 925. The van der Waals surface area contributed by atoms with Crippen molar-refractivity contribution in [3.05, 3.63) is 35.4 Å². The Labute approximate surface area is 242 Å². The molecule has 0 saturated heterocycles. The monoisotopic (exact) mass is 766 g/mol. The van der Waals surface area contributed by atoms with Gasteiger partial charge in [0.15, 0.2) is 0 Å². The van der Waals surface area contributed by atoms with Gasteiger partial charge in [-0.2, -0.15) is 0 Å². The van der Waals surface area contributed by atoms with Gasteiger partial charge >= 0.3 is 56.8 Å². The molecule has 1 aromatic rings. The van der Waals surface area contributed by atoms with Crippen LogP contribution in [0.5, 0.6) is 0 Å². The topological polar surface area (TPSA) is 74.7 Å². The van der Waals surface area contributed by atoms with Crippen LogP contribution in [0.4, 0.5) is 16.9 Å². The van der Waals surface area contributed by atoms with Gasteiger partial charge in [-0.3, -0.25) is 9.98 Å². The van der Waals surface area contributed by atoms with Crippen LogP contribution in [0.3, 0.4) is 0 Å². The fourth-order valence-corrected chi connectivity index (χ4v) is 5.70. The second-order valence-electron chi connectivity index (χ2n) is 10.7. The van der Waals surface area contributed by atoms with Crippen molar-refractivity contribution in [3.63, 3.8) is 0 Å².